The Balaban J connectivity index is 1.98. The van der Waals surface area contributed by atoms with E-state index in [0.29, 0.717) is 16.7 Å². The molecule has 0 saturated heterocycles. The molecule has 1 aromatic heterocycles. The number of H-pyrrole nitrogens is 1. The van der Waals surface area contributed by atoms with Crippen molar-refractivity contribution in [3.05, 3.63) is 86.5 Å². The molecule has 1 atom stereocenters. The Labute approximate surface area is 226 Å². The number of hydrogen-bond acceptors (Lipinski definition) is 7. The van der Waals surface area contributed by atoms with E-state index in [0.717, 1.165) is 19.2 Å². The van der Waals surface area contributed by atoms with Crippen molar-refractivity contribution in [1.82, 2.24) is 19.7 Å². The van der Waals surface area contributed by atoms with Crippen LogP contribution >= 0.6 is 0 Å². The number of hydrogen-bond donors (Lipinski definition) is 1. The molecule has 40 heavy (non-hydrogen) atoms. The van der Waals surface area contributed by atoms with Crippen LogP contribution in [0.3, 0.4) is 0 Å². The summed E-state index contributed by atoms with van der Waals surface area (Å²) in [5.41, 5.74) is -0.0704. The summed E-state index contributed by atoms with van der Waals surface area (Å²) in [6.07, 6.45) is -4.35. The monoisotopic (exact) mass is 554 g/mol. The molecule has 3 aromatic rings. The lowest BCUT2D eigenvalue weighted by atomic mass is 9.89. The molecule has 1 amide bonds. The van der Waals surface area contributed by atoms with E-state index in [4.69, 9.17) is 4.74 Å². The van der Waals surface area contributed by atoms with Crippen molar-refractivity contribution < 1.29 is 27.5 Å². The topological polar surface area (TPSA) is 124 Å². The maximum atomic E-state index is 13.5. The number of carbonyl (C=O) groups excluding carboxylic acids is 2. The largest absolute Gasteiger partial charge is 0.466 e. The van der Waals surface area contributed by atoms with Gasteiger partial charge in [0.25, 0.3) is 0 Å². The number of carbonyl (C=O) groups is 2. The lowest BCUT2D eigenvalue weighted by molar-refractivity contribution is -0.138. The van der Waals surface area contributed by atoms with Crippen LogP contribution in [0.25, 0.3) is 0 Å². The molecular formula is C27H25F3N6O4. The lowest BCUT2D eigenvalue weighted by Crippen LogP contribution is -2.38. The number of likely N-dealkylation sites (N-methyl/N-ethyl adjacent to an activating group) is 1. The summed E-state index contributed by atoms with van der Waals surface area (Å²) in [6, 6.07) is 10.1. The number of allylic oxidation sites excluding steroid dienone is 1. The van der Waals surface area contributed by atoms with Crippen LogP contribution in [0.1, 0.15) is 42.1 Å². The zero-order valence-corrected chi connectivity index (χ0v) is 22.0. The fourth-order valence-electron chi connectivity index (χ4n) is 4.68. The van der Waals surface area contributed by atoms with Gasteiger partial charge in [0.15, 0.2) is 0 Å². The first-order valence-corrected chi connectivity index (χ1v) is 12.1. The summed E-state index contributed by atoms with van der Waals surface area (Å²) in [5.74, 6) is -1.03. The highest BCUT2D eigenvalue weighted by Crippen LogP contribution is 2.43. The number of nitriles is 1. The lowest BCUT2D eigenvalue weighted by Gasteiger charge is -2.36. The van der Waals surface area contributed by atoms with Crippen molar-refractivity contribution in [2.75, 3.05) is 25.6 Å². The Hall–Kier alpha value is -4.86. The van der Waals surface area contributed by atoms with Crippen molar-refractivity contribution in [1.29, 1.82) is 5.26 Å². The number of amides is 1. The van der Waals surface area contributed by atoms with Gasteiger partial charge in [-0.3, -0.25) is 9.69 Å². The van der Waals surface area contributed by atoms with Crippen LogP contribution in [0.4, 0.5) is 24.8 Å². The zero-order chi connectivity index (χ0) is 29.4. The van der Waals surface area contributed by atoms with Gasteiger partial charge in [-0.15, -0.1) is 5.10 Å². The molecule has 2 aromatic carbocycles. The van der Waals surface area contributed by atoms with Crippen LogP contribution in [0.5, 0.6) is 0 Å². The zero-order valence-electron chi connectivity index (χ0n) is 22.0. The van der Waals surface area contributed by atoms with E-state index in [1.165, 1.54) is 46.4 Å². The van der Waals surface area contributed by atoms with Gasteiger partial charge >= 0.3 is 17.8 Å². The van der Waals surface area contributed by atoms with Gasteiger partial charge in [0, 0.05) is 31.9 Å². The summed E-state index contributed by atoms with van der Waals surface area (Å²) >= 11 is 0. The molecule has 208 valence electrons. The molecular weight excluding hydrogens is 529 g/mol. The third-order valence-corrected chi connectivity index (χ3v) is 6.80. The smallest absolute Gasteiger partial charge is 0.416 e. The Kier molecular flexibility index (Phi) is 7.55. The summed E-state index contributed by atoms with van der Waals surface area (Å²) in [5, 5.41) is 15.9. The number of aromatic amines is 1. The van der Waals surface area contributed by atoms with E-state index in [1.807, 2.05) is 0 Å². The fraction of sp³-hybridized carbons (Fsp3) is 0.296. The number of aromatic nitrogens is 3. The number of benzene rings is 2. The highest BCUT2D eigenvalue weighted by Gasteiger charge is 2.41. The molecule has 0 radical (unpaired) electrons. The third kappa shape index (κ3) is 5.07. The van der Waals surface area contributed by atoms with E-state index in [9.17, 15) is 32.8 Å². The van der Waals surface area contributed by atoms with E-state index < -0.39 is 29.4 Å². The van der Waals surface area contributed by atoms with Crippen LogP contribution in [0.15, 0.2) is 58.5 Å². The second-order valence-electron chi connectivity index (χ2n) is 9.19. The maximum absolute atomic E-state index is 13.5. The second kappa shape index (κ2) is 10.7. The number of fused-ring (bicyclic) bond motifs is 1. The predicted octanol–water partition coefficient (Wildman–Crippen LogP) is 3.67. The van der Waals surface area contributed by atoms with Crippen molar-refractivity contribution in [2.24, 2.45) is 0 Å². The third-order valence-electron chi connectivity index (χ3n) is 6.80. The minimum absolute atomic E-state index is 0.0122. The molecule has 13 heteroatoms. The molecule has 1 aliphatic heterocycles. The Morgan fingerprint density at radius 3 is 2.58 bits per heavy atom. The average Bonchev–Trinajstić information content (AvgIpc) is 3.30. The van der Waals surface area contributed by atoms with Gasteiger partial charge < -0.3 is 9.64 Å². The number of esters is 1. The van der Waals surface area contributed by atoms with Gasteiger partial charge in [0.05, 0.1) is 29.9 Å². The number of nitrogens with zero attached hydrogens (tertiary/aromatic N) is 5. The van der Waals surface area contributed by atoms with Crippen LogP contribution in [-0.2, 0) is 26.9 Å². The SMILES string of the molecule is COC(=O)C1=C(C)N(c2cccc(C(F)(F)F)c2)c2n[nH]c(=O)n2C1c1ccc(C#N)cc1CCN(C)C(C)=O. The molecule has 1 aliphatic rings. The quantitative estimate of drug-likeness (QED) is 0.461. The molecule has 1 N–H and O–H groups in total. The molecule has 0 aliphatic carbocycles. The first-order valence-electron chi connectivity index (χ1n) is 12.1. The molecule has 0 saturated carbocycles. The van der Waals surface area contributed by atoms with Gasteiger partial charge in [-0.05, 0) is 54.8 Å². The molecule has 10 nitrogen and oxygen atoms in total. The normalized spacial score (nSPS) is 14.9. The Morgan fingerprint density at radius 1 is 1.23 bits per heavy atom. The number of ether oxygens (including phenoxy) is 1. The van der Waals surface area contributed by atoms with E-state index in [-0.39, 0.29) is 41.8 Å². The Bertz CT molecular complexity index is 1620. The summed E-state index contributed by atoms with van der Waals surface area (Å²) in [4.78, 5) is 41.0. The molecule has 4 rings (SSSR count). The first kappa shape index (κ1) is 28.2. The van der Waals surface area contributed by atoms with E-state index in [1.54, 1.807) is 19.2 Å². The standard InChI is InChI=1S/C27H25F3N6O4/c1-15-22(24(38)40-4)23(21-9-8-17(14-31)12-18(21)10-11-34(3)16(2)37)36-25(32-33-26(36)39)35(15)20-7-5-6-19(13-20)27(28,29)30/h5-9,12-13,23H,10-11H2,1-4H3,(H,33,39). The number of halogens is 3. The van der Waals surface area contributed by atoms with Gasteiger partial charge in [0.1, 0.15) is 6.04 Å². The number of alkyl halides is 3. The minimum atomic E-state index is -4.63. The summed E-state index contributed by atoms with van der Waals surface area (Å²) in [7, 11) is 2.77. The minimum Gasteiger partial charge on any atom is -0.466 e. The summed E-state index contributed by atoms with van der Waals surface area (Å²) in [6.45, 7) is 3.22. The number of rotatable bonds is 6. The highest BCUT2D eigenvalue weighted by molar-refractivity contribution is 5.93. The van der Waals surface area contributed by atoms with Crippen LogP contribution in [0.2, 0.25) is 0 Å². The number of nitrogens with one attached hydrogen (secondary N) is 1. The molecule has 0 spiro atoms. The number of methoxy groups -OCH3 is 1. The van der Waals surface area contributed by atoms with Crippen LogP contribution < -0.4 is 10.6 Å². The summed E-state index contributed by atoms with van der Waals surface area (Å²) < 4.78 is 46.8. The molecule has 0 fully saturated rings. The average molecular weight is 555 g/mol. The van der Waals surface area contributed by atoms with Crippen LogP contribution in [-0.4, -0.2) is 52.2 Å². The fourth-order valence-corrected chi connectivity index (χ4v) is 4.68. The van der Waals surface area contributed by atoms with Gasteiger partial charge in [-0.2, -0.15) is 18.4 Å². The first-order chi connectivity index (χ1) is 18.9. The van der Waals surface area contributed by atoms with Crippen molar-refractivity contribution in [3.63, 3.8) is 0 Å². The van der Waals surface area contributed by atoms with E-state index >= 15 is 0 Å². The number of anilines is 2. The van der Waals surface area contributed by atoms with E-state index in [2.05, 4.69) is 16.3 Å². The van der Waals surface area contributed by atoms with Gasteiger partial charge in [-0.1, -0.05) is 12.1 Å². The van der Waals surface area contributed by atoms with Gasteiger partial charge in [-0.25, -0.2) is 19.3 Å². The van der Waals surface area contributed by atoms with Crippen LogP contribution in [0, 0.1) is 11.3 Å². The molecule has 1 unspecified atom stereocenters. The van der Waals surface area contributed by atoms with Crippen molar-refractivity contribution in [3.8, 4) is 6.07 Å². The maximum Gasteiger partial charge on any atom is 0.416 e. The van der Waals surface area contributed by atoms with Gasteiger partial charge in [0.2, 0.25) is 11.9 Å². The van der Waals surface area contributed by atoms with Crippen molar-refractivity contribution >= 4 is 23.5 Å². The Morgan fingerprint density at radius 2 is 1.95 bits per heavy atom. The second-order valence-corrected chi connectivity index (χ2v) is 9.19. The van der Waals surface area contributed by atoms with Crippen molar-refractivity contribution in [2.45, 2.75) is 32.5 Å². The molecule has 2 heterocycles. The predicted molar refractivity (Wildman–Crippen MR) is 137 cm³/mol. The highest BCUT2D eigenvalue weighted by atomic mass is 19.4. The molecule has 0 bridgehead atoms.